The van der Waals surface area contributed by atoms with Crippen LogP contribution in [0.25, 0.3) is 21.9 Å². The highest BCUT2D eigenvalue weighted by Gasteiger charge is 2.17. The molecule has 1 aromatic heterocycles. The van der Waals surface area contributed by atoms with Crippen LogP contribution in [0.3, 0.4) is 0 Å². The molecule has 0 radical (unpaired) electrons. The molecule has 0 saturated carbocycles. The summed E-state index contributed by atoms with van der Waals surface area (Å²) in [6.45, 7) is 3.86. The summed E-state index contributed by atoms with van der Waals surface area (Å²) in [5, 5.41) is 8.91. The molecule has 0 bridgehead atoms. The third-order valence-corrected chi connectivity index (χ3v) is 4.79. The van der Waals surface area contributed by atoms with Gasteiger partial charge in [-0.25, -0.2) is 9.37 Å². The van der Waals surface area contributed by atoms with Crippen LogP contribution < -0.4 is 16.4 Å². The number of fused-ring (bicyclic) bond motifs is 1. The summed E-state index contributed by atoms with van der Waals surface area (Å²) >= 11 is 0. The Hall–Kier alpha value is -2.66. The van der Waals surface area contributed by atoms with E-state index < -0.39 is 0 Å². The lowest BCUT2D eigenvalue weighted by atomic mass is 9.96. The van der Waals surface area contributed by atoms with Crippen LogP contribution in [0.5, 0.6) is 0 Å². The van der Waals surface area contributed by atoms with E-state index in [0.29, 0.717) is 17.4 Å². The fourth-order valence-corrected chi connectivity index (χ4v) is 3.53. The van der Waals surface area contributed by atoms with Gasteiger partial charge in [-0.2, -0.15) is 0 Å². The molecule has 1 saturated heterocycles. The Kier molecular flexibility index (Phi) is 4.01. The lowest BCUT2D eigenvalue weighted by molar-refractivity contribution is 0.630. The lowest BCUT2D eigenvalue weighted by Crippen LogP contribution is -2.22. The molecule has 2 aromatic carbocycles. The highest BCUT2D eigenvalue weighted by Crippen LogP contribution is 2.34. The van der Waals surface area contributed by atoms with Gasteiger partial charge in [-0.3, -0.25) is 0 Å². The van der Waals surface area contributed by atoms with Crippen molar-refractivity contribution in [1.82, 2.24) is 10.3 Å². The maximum absolute atomic E-state index is 14.5. The van der Waals surface area contributed by atoms with E-state index in [-0.39, 0.29) is 5.82 Å². The normalized spacial score (nSPS) is 17.1. The predicted octanol–water partition coefficient (Wildman–Crippen LogP) is 3.71. The molecular formula is C20H21FN4. The summed E-state index contributed by atoms with van der Waals surface area (Å²) < 4.78 is 14.5. The number of nitrogen functional groups attached to an aromatic ring is 1. The van der Waals surface area contributed by atoms with Gasteiger partial charge in [0.15, 0.2) is 0 Å². The number of anilines is 2. The van der Waals surface area contributed by atoms with Gasteiger partial charge in [0.05, 0.1) is 0 Å². The van der Waals surface area contributed by atoms with Crippen molar-refractivity contribution in [3.8, 4) is 11.1 Å². The quantitative estimate of drug-likeness (QED) is 0.682. The molecule has 128 valence electrons. The minimum absolute atomic E-state index is 0.212. The average molecular weight is 336 g/mol. The summed E-state index contributed by atoms with van der Waals surface area (Å²) in [5.74, 6) is 0.270. The van der Waals surface area contributed by atoms with Crippen LogP contribution in [0.15, 0.2) is 42.6 Å². The van der Waals surface area contributed by atoms with Crippen molar-refractivity contribution in [3.05, 3.63) is 54.0 Å². The number of hydrogen-bond donors (Lipinski definition) is 3. The predicted molar refractivity (Wildman–Crippen MR) is 101 cm³/mol. The highest BCUT2D eigenvalue weighted by molar-refractivity contribution is 5.98. The van der Waals surface area contributed by atoms with Crippen molar-refractivity contribution in [1.29, 1.82) is 0 Å². The Morgan fingerprint density at radius 2 is 2.16 bits per heavy atom. The van der Waals surface area contributed by atoms with Crippen molar-refractivity contribution in [2.45, 2.75) is 19.4 Å². The minimum atomic E-state index is -0.212. The maximum Gasteiger partial charge on any atom is 0.131 e. The number of pyridine rings is 1. The van der Waals surface area contributed by atoms with Gasteiger partial charge in [0, 0.05) is 40.8 Å². The highest BCUT2D eigenvalue weighted by atomic mass is 19.1. The summed E-state index contributed by atoms with van der Waals surface area (Å²) in [6, 6.07) is 11.4. The van der Waals surface area contributed by atoms with Gasteiger partial charge < -0.3 is 16.4 Å². The fraction of sp³-hybridized carbons (Fsp3) is 0.250. The van der Waals surface area contributed by atoms with Gasteiger partial charge in [-0.15, -0.1) is 0 Å². The lowest BCUT2D eigenvalue weighted by Gasteiger charge is -2.18. The summed E-state index contributed by atoms with van der Waals surface area (Å²) in [7, 11) is 0. The van der Waals surface area contributed by atoms with Gasteiger partial charge in [0.1, 0.15) is 11.6 Å². The molecule has 0 spiro atoms. The molecule has 1 aliphatic rings. The first-order valence-corrected chi connectivity index (χ1v) is 8.54. The van der Waals surface area contributed by atoms with Crippen LogP contribution in [-0.4, -0.2) is 24.1 Å². The number of nitrogens with two attached hydrogens (primary N) is 1. The SMILES string of the molecule is Cc1cccc(F)c1-c1cc(N[C@@H]2CCNC2)c2cc(N)ncc2c1. The molecule has 0 amide bonds. The van der Waals surface area contributed by atoms with Crippen molar-refractivity contribution >= 4 is 22.3 Å². The van der Waals surface area contributed by atoms with Gasteiger partial charge >= 0.3 is 0 Å². The van der Waals surface area contributed by atoms with Crippen molar-refractivity contribution in [3.63, 3.8) is 0 Å². The van der Waals surface area contributed by atoms with Crippen molar-refractivity contribution in [2.24, 2.45) is 0 Å². The van der Waals surface area contributed by atoms with Gasteiger partial charge in [-0.1, -0.05) is 12.1 Å². The summed E-state index contributed by atoms with van der Waals surface area (Å²) in [5.41, 5.74) is 9.25. The Morgan fingerprint density at radius 1 is 1.28 bits per heavy atom. The van der Waals surface area contributed by atoms with Crippen LogP contribution in [-0.2, 0) is 0 Å². The van der Waals surface area contributed by atoms with E-state index in [1.165, 1.54) is 6.07 Å². The molecule has 0 aliphatic carbocycles. The molecule has 3 aromatic rings. The monoisotopic (exact) mass is 336 g/mol. The van der Waals surface area contributed by atoms with Crippen LogP contribution in [0.2, 0.25) is 0 Å². The molecule has 4 rings (SSSR count). The molecule has 5 heteroatoms. The maximum atomic E-state index is 14.5. The van der Waals surface area contributed by atoms with Crippen molar-refractivity contribution < 1.29 is 4.39 Å². The third kappa shape index (κ3) is 3.03. The van der Waals surface area contributed by atoms with E-state index in [9.17, 15) is 4.39 Å². The fourth-order valence-electron chi connectivity index (χ4n) is 3.53. The van der Waals surface area contributed by atoms with Crippen LogP contribution in [0.1, 0.15) is 12.0 Å². The van der Waals surface area contributed by atoms with E-state index >= 15 is 0 Å². The van der Waals surface area contributed by atoms with Crippen LogP contribution >= 0.6 is 0 Å². The molecule has 1 fully saturated rings. The second-order valence-corrected chi connectivity index (χ2v) is 6.62. The summed E-state index contributed by atoms with van der Waals surface area (Å²) in [4.78, 5) is 4.20. The number of benzene rings is 2. The number of rotatable bonds is 3. The molecule has 1 aliphatic heterocycles. The largest absolute Gasteiger partial charge is 0.384 e. The first kappa shape index (κ1) is 15.8. The second-order valence-electron chi connectivity index (χ2n) is 6.62. The van der Waals surface area contributed by atoms with E-state index in [1.807, 2.05) is 31.2 Å². The minimum Gasteiger partial charge on any atom is -0.384 e. The summed E-state index contributed by atoms with van der Waals surface area (Å²) in [6.07, 6.45) is 2.81. The van der Waals surface area contributed by atoms with Gasteiger partial charge in [-0.05, 0) is 55.3 Å². The average Bonchev–Trinajstić information content (AvgIpc) is 3.08. The Balaban J connectivity index is 1.89. The van der Waals surface area contributed by atoms with Gasteiger partial charge in [0.2, 0.25) is 0 Å². The van der Waals surface area contributed by atoms with E-state index in [4.69, 9.17) is 5.73 Å². The first-order valence-electron chi connectivity index (χ1n) is 8.54. The van der Waals surface area contributed by atoms with Crippen LogP contribution in [0.4, 0.5) is 15.9 Å². The number of nitrogens with zero attached hydrogens (tertiary/aromatic N) is 1. The number of nitrogens with one attached hydrogen (secondary N) is 2. The molecule has 25 heavy (non-hydrogen) atoms. The van der Waals surface area contributed by atoms with E-state index in [0.717, 1.165) is 47.1 Å². The zero-order valence-electron chi connectivity index (χ0n) is 14.1. The first-order chi connectivity index (χ1) is 12.1. The number of aromatic nitrogens is 1. The Morgan fingerprint density at radius 3 is 2.92 bits per heavy atom. The molecule has 4 nitrogen and oxygen atoms in total. The molecule has 0 unspecified atom stereocenters. The third-order valence-electron chi connectivity index (χ3n) is 4.79. The van der Waals surface area contributed by atoms with E-state index in [2.05, 4.69) is 15.6 Å². The zero-order valence-corrected chi connectivity index (χ0v) is 14.1. The number of hydrogen-bond acceptors (Lipinski definition) is 4. The molecule has 1 atom stereocenters. The molecular weight excluding hydrogens is 315 g/mol. The van der Waals surface area contributed by atoms with Crippen molar-refractivity contribution in [2.75, 3.05) is 24.1 Å². The number of halogens is 1. The Labute approximate surface area is 146 Å². The smallest absolute Gasteiger partial charge is 0.131 e. The Bertz CT molecular complexity index is 912. The van der Waals surface area contributed by atoms with Gasteiger partial charge in [0.25, 0.3) is 0 Å². The standard InChI is InChI=1S/C20H21FN4/c1-12-3-2-4-17(21)20(12)13-7-14-10-24-19(22)9-16(14)18(8-13)25-15-5-6-23-11-15/h2-4,7-10,15,23,25H,5-6,11H2,1H3,(H2,22,24)/t15-/m1/s1. The zero-order chi connectivity index (χ0) is 17.4. The topological polar surface area (TPSA) is 63.0 Å². The number of aryl methyl sites for hydroxylation is 1. The van der Waals surface area contributed by atoms with E-state index in [1.54, 1.807) is 12.3 Å². The second kappa shape index (κ2) is 6.33. The molecule has 4 N–H and O–H groups in total. The van der Waals surface area contributed by atoms with Crippen LogP contribution in [0, 0.1) is 12.7 Å². The molecule has 2 heterocycles.